The first-order chi connectivity index (χ1) is 39.9. The number of fused-ring (bicyclic) bond motifs is 2. The molecule has 7 aliphatic rings. The van der Waals surface area contributed by atoms with Gasteiger partial charge in [0.1, 0.15) is 0 Å². The molecule has 14 nitrogen and oxygen atoms in total. The Kier molecular flexibility index (Phi) is 15.7. The van der Waals surface area contributed by atoms with Gasteiger partial charge in [-0.1, -0.05) is 146 Å². The number of nitrogens with one attached hydrogen (secondary N) is 4. The van der Waals surface area contributed by atoms with E-state index in [1.165, 1.54) is 0 Å². The van der Waals surface area contributed by atoms with Crippen molar-refractivity contribution in [2.45, 2.75) is 51.4 Å². The molecule has 7 heterocycles. The smallest absolute Gasteiger partial charge is 0.303 e. The predicted molar refractivity (Wildman–Crippen MR) is 324 cm³/mol. The molecular weight excluding hydrogens is 1030 g/mol. The molecule has 0 fully saturated rings. The van der Waals surface area contributed by atoms with Crippen molar-refractivity contribution in [2.24, 2.45) is 0 Å². The van der Waals surface area contributed by atoms with E-state index in [0.29, 0.717) is 35.6 Å². The third kappa shape index (κ3) is 11.7. The molecule has 82 heavy (non-hydrogen) atoms. The molecule has 0 aliphatic carbocycles. The number of carboxylic acids is 2. The van der Waals surface area contributed by atoms with Crippen molar-refractivity contribution >= 4 is 124 Å². The van der Waals surface area contributed by atoms with Crippen LogP contribution in [0.4, 0.5) is 45.5 Å². The van der Waals surface area contributed by atoms with Crippen molar-refractivity contribution in [3.8, 4) is 0 Å². The van der Waals surface area contributed by atoms with Gasteiger partial charge in [-0.25, -0.2) is 0 Å². The van der Waals surface area contributed by atoms with Gasteiger partial charge in [0.25, 0.3) is 0 Å². The van der Waals surface area contributed by atoms with Gasteiger partial charge in [-0.2, -0.15) is 0 Å². The lowest BCUT2D eigenvalue weighted by Gasteiger charge is -2.28. The van der Waals surface area contributed by atoms with Crippen LogP contribution in [-0.2, 0) is 41.6 Å². The van der Waals surface area contributed by atoms with Crippen molar-refractivity contribution in [3.63, 3.8) is 0 Å². The Morgan fingerprint density at radius 2 is 0.634 bits per heavy atom. The van der Waals surface area contributed by atoms with Crippen molar-refractivity contribution in [1.82, 2.24) is 10.6 Å². The van der Waals surface area contributed by atoms with Gasteiger partial charge in [-0.15, -0.1) is 0 Å². The Bertz CT molecular complexity index is 3710. The molecule has 0 unspecified atom stereocenters. The molecule has 0 spiro atoms. The van der Waals surface area contributed by atoms with Gasteiger partial charge in [0.05, 0.1) is 35.6 Å². The molecule has 17 rings (SSSR count). The first-order valence-electron chi connectivity index (χ1n) is 27.4. The lowest BCUT2D eigenvalue weighted by atomic mass is 9.96. The molecule has 12 bridgehead atoms. The Morgan fingerprint density at radius 3 is 0.927 bits per heavy atom. The Morgan fingerprint density at radius 1 is 0.354 bits per heavy atom. The van der Waals surface area contributed by atoms with Crippen LogP contribution in [0.2, 0.25) is 0 Å². The molecule has 0 saturated heterocycles. The van der Waals surface area contributed by atoms with E-state index in [2.05, 4.69) is 69.8 Å². The van der Waals surface area contributed by atoms with Crippen LogP contribution < -0.4 is 31.1 Å². The Balaban J connectivity index is 1.02. The summed E-state index contributed by atoms with van der Waals surface area (Å²) in [4.78, 5) is 81.0. The van der Waals surface area contributed by atoms with E-state index in [-0.39, 0.29) is 63.4 Å². The summed E-state index contributed by atoms with van der Waals surface area (Å²) in [6, 6.07) is 64.4. The van der Waals surface area contributed by atoms with E-state index >= 15 is 0 Å². The minimum Gasteiger partial charge on any atom is -0.481 e. The van der Waals surface area contributed by atoms with E-state index in [9.17, 15) is 39.0 Å². The van der Waals surface area contributed by atoms with Crippen molar-refractivity contribution in [1.29, 1.82) is 0 Å². The summed E-state index contributed by atoms with van der Waals surface area (Å²) in [6.45, 7) is 0.00362. The first kappa shape index (κ1) is 53.7. The fraction of sp³-hybridized carbons (Fsp3) is 0.147. The molecule has 408 valence electrons. The average Bonchev–Trinajstić information content (AvgIpc) is 2.14. The number of benzene rings is 10. The number of carbonyl (C=O) groups is 6. The van der Waals surface area contributed by atoms with Crippen molar-refractivity contribution in [2.75, 3.05) is 33.5 Å². The van der Waals surface area contributed by atoms with Crippen molar-refractivity contribution < 1.29 is 39.0 Å². The van der Waals surface area contributed by atoms with Gasteiger partial charge in [0, 0.05) is 105 Å². The topological polar surface area (TPSA) is 197 Å². The van der Waals surface area contributed by atoms with E-state index in [4.69, 9.17) is 0 Å². The van der Waals surface area contributed by atoms with Gasteiger partial charge in [0.15, 0.2) is 0 Å². The molecule has 14 heteroatoms. The molecule has 10 aromatic carbocycles. The number of hydrogen-bond acceptors (Lipinski definition) is 8. The van der Waals surface area contributed by atoms with Gasteiger partial charge >= 0.3 is 11.9 Å². The fourth-order valence-corrected chi connectivity index (χ4v) is 10.9. The van der Waals surface area contributed by atoms with Crippen LogP contribution in [0.1, 0.15) is 60.8 Å². The second-order valence-corrected chi connectivity index (χ2v) is 20.4. The Labute approximate surface area is 473 Å². The van der Waals surface area contributed by atoms with Crippen LogP contribution >= 0.6 is 0 Å². The maximum absolute atomic E-state index is 14.9. The number of aliphatic carboxylic acids is 2. The summed E-state index contributed by atoms with van der Waals surface area (Å²) >= 11 is 0. The highest BCUT2D eigenvalue weighted by Crippen LogP contribution is 2.47. The van der Waals surface area contributed by atoms with Crippen LogP contribution in [0.25, 0.3) is 43.1 Å². The number of anilines is 8. The van der Waals surface area contributed by atoms with Crippen LogP contribution in [0.5, 0.6) is 0 Å². The highest BCUT2D eigenvalue weighted by molar-refractivity contribution is 6.26. The van der Waals surface area contributed by atoms with Crippen LogP contribution in [0, 0.1) is 0 Å². The summed E-state index contributed by atoms with van der Waals surface area (Å²) in [5.41, 5.74) is 10.3. The summed E-state index contributed by atoms with van der Waals surface area (Å²) in [7, 11) is 0. The predicted octanol–water partition coefficient (Wildman–Crippen LogP) is 13.4. The third-order valence-corrected chi connectivity index (χ3v) is 14.9. The minimum absolute atomic E-state index is 0.00181. The largest absolute Gasteiger partial charge is 0.481 e. The SMILES string of the molecule is O=C(O)CCC(=O)NCCC(=O)N1c2ccc(cc2)Cc2ccc(cc2)N(C(=O)CCNC(=O)CCC(=O)O)c2c3ccccc3c(c3ccccc23)Nc2ccc(cc2)Cc2ccc(cc2)Nc2c3ccccc3c1c1ccccc21. The average molecular weight is 1090 g/mol. The fourth-order valence-electron chi connectivity index (χ4n) is 10.9. The summed E-state index contributed by atoms with van der Waals surface area (Å²) < 4.78 is 0. The lowest BCUT2D eigenvalue weighted by molar-refractivity contribution is -0.139. The normalized spacial score (nSPS) is 12.2. The van der Waals surface area contributed by atoms with Gasteiger partial charge in [0.2, 0.25) is 23.6 Å². The van der Waals surface area contributed by atoms with E-state index in [1.54, 1.807) is 9.80 Å². The Hall–Kier alpha value is -10.3. The zero-order valence-corrected chi connectivity index (χ0v) is 44.8. The second kappa shape index (κ2) is 23.9. The number of carbonyl (C=O) groups excluding carboxylic acids is 4. The molecule has 0 atom stereocenters. The molecule has 0 saturated carbocycles. The standard InChI is InChI=1S/C68H58N6O8/c75-59(33-35-63(79)80)69-39-37-61(77)73-49-29-21-45(22-30-49)42-46-23-31-50(32-24-46)74(62(78)38-40-70-60(76)34-36-64(81)82)68-57-15-7-3-11-53(57)66(54-12-4-8-16-58(54)68)72-48-27-19-44(20-28-48)41-43-17-25-47(26-18-43)71-65-51-9-1-5-13-55(51)67(73)56-14-6-2-10-52(56)65/h1-32,71-72H,33-42H2,(H,69,75)(H,70,76)(H,79,80)(H,81,82). The van der Waals surface area contributed by atoms with Gasteiger partial charge < -0.3 is 31.5 Å². The lowest BCUT2D eigenvalue weighted by Crippen LogP contribution is -2.32. The van der Waals surface area contributed by atoms with E-state index < -0.39 is 23.8 Å². The molecule has 4 amide bonds. The summed E-state index contributed by atoms with van der Waals surface area (Å²) in [5.74, 6) is -3.62. The second-order valence-electron chi connectivity index (χ2n) is 20.4. The summed E-state index contributed by atoms with van der Waals surface area (Å²) in [6.07, 6.45) is 0.0190. The zero-order chi connectivity index (χ0) is 56.7. The van der Waals surface area contributed by atoms with Crippen molar-refractivity contribution in [3.05, 3.63) is 216 Å². The number of nitrogens with zero attached hydrogens (tertiary/aromatic N) is 2. The highest BCUT2D eigenvalue weighted by Gasteiger charge is 2.27. The van der Waals surface area contributed by atoms with Crippen LogP contribution in [0.15, 0.2) is 194 Å². The molecule has 7 aliphatic heterocycles. The maximum atomic E-state index is 14.9. The number of carboxylic acid groups (broad SMARTS) is 2. The minimum atomic E-state index is -1.08. The van der Waals surface area contributed by atoms with Gasteiger partial charge in [-0.05, 0) is 83.6 Å². The monoisotopic (exact) mass is 1090 g/mol. The number of rotatable bonds is 12. The maximum Gasteiger partial charge on any atom is 0.303 e. The van der Waals surface area contributed by atoms with E-state index in [0.717, 1.165) is 88.1 Å². The summed E-state index contributed by atoms with van der Waals surface area (Å²) in [5, 5.41) is 38.2. The molecular formula is C68H58N6O8. The third-order valence-electron chi connectivity index (χ3n) is 14.9. The molecule has 0 aromatic heterocycles. The molecule has 6 N–H and O–H groups in total. The highest BCUT2D eigenvalue weighted by atomic mass is 16.4. The number of amides is 4. The first-order valence-corrected chi connectivity index (χ1v) is 27.4. The number of hydrogen-bond donors (Lipinski definition) is 6. The van der Waals surface area contributed by atoms with E-state index in [1.807, 2.05) is 146 Å². The zero-order valence-electron chi connectivity index (χ0n) is 44.8. The quantitative estimate of drug-likeness (QED) is 0.0640. The molecule has 10 aromatic rings. The molecule has 0 radical (unpaired) electrons. The van der Waals surface area contributed by atoms with Crippen LogP contribution in [-0.4, -0.2) is 58.9 Å². The van der Waals surface area contributed by atoms with Gasteiger partial charge in [-0.3, -0.25) is 38.6 Å². The van der Waals surface area contributed by atoms with Crippen LogP contribution in [0.3, 0.4) is 0 Å².